The van der Waals surface area contributed by atoms with Crippen molar-refractivity contribution in [3.63, 3.8) is 0 Å². The molecule has 0 amide bonds. The summed E-state index contributed by atoms with van der Waals surface area (Å²) in [4.78, 5) is 6.32. The number of thioether (sulfide) groups is 1. The van der Waals surface area contributed by atoms with Gasteiger partial charge in [0.15, 0.2) is 15.0 Å². The summed E-state index contributed by atoms with van der Waals surface area (Å²) in [5.41, 5.74) is 1.22. The number of fused-ring (bicyclic) bond motifs is 1. The van der Waals surface area contributed by atoms with Crippen molar-refractivity contribution in [2.45, 2.75) is 17.8 Å². The second-order valence-electron chi connectivity index (χ2n) is 6.47. The summed E-state index contributed by atoms with van der Waals surface area (Å²) in [6, 6.07) is 10.9. The molecular formula is C18H15Cl2FN2O2S2. The third kappa shape index (κ3) is 3.83. The van der Waals surface area contributed by atoms with Crippen LogP contribution in [0.3, 0.4) is 0 Å². The molecule has 0 N–H and O–H groups in total. The van der Waals surface area contributed by atoms with E-state index in [1.807, 2.05) is 6.07 Å². The van der Waals surface area contributed by atoms with Gasteiger partial charge in [-0.05, 0) is 29.8 Å². The normalized spacial score (nSPS) is 23.4. The molecule has 0 unspecified atom stereocenters. The van der Waals surface area contributed by atoms with Crippen molar-refractivity contribution < 1.29 is 12.8 Å². The Morgan fingerprint density at radius 1 is 1.19 bits per heavy atom. The average Bonchev–Trinajstić information content (AvgIpc) is 3.06. The lowest BCUT2D eigenvalue weighted by molar-refractivity contribution is 0.600. The van der Waals surface area contributed by atoms with E-state index < -0.39 is 15.7 Å². The van der Waals surface area contributed by atoms with Crippen LogP contribution in [0.1, 0.15) is 5.56 Å². The molecule has 2 aromatic rings. The van der Waals surface area contributed by atoms with Crippen molar-refractivity contribution in [1.29, 1.82) is 0 Å². The van der Waals surface area contributed by atoms with Crippen LogP contribution in [0.5, 0.6) is 0 Å². The van der Waals surface area contributed by atoms with Gasteiger partial charge in [0.2, 0.25) is 0 Å². The first-order valence-electron chi connectivity index (χ1n) is 8.23. The Morgan fingerprint density at radius 3 is 2.70 bits per heavy atom. The number of sulfone groups is 1. The Balaban J connectivity index is 1.64. The fourth-order valence-corrected chi connectivity index (χ4v) is 6.86. The van der Waals surface area contributed by atoms with Gasteiger partial charge in [-0.2, -0.15) is 0 Å². The monoisotopic (exact) mass is 444 g/mol. The molecule has 0 aromatic heterocycles. The van der Waals surface area contributed by atoms with Crippen molar-refractivity contribution in [1.82, 2.24) is 0 Å². The van der Waals surface area contributed by atoms with Gasteiger partial charge >= 0.3 is 0 Å². The van der Waals surface area contributed by atoms with E-state index >= 15 is 0 Å². The number of aliphatic imine (C=N–C) groups is 1. The fraction of sp³-hybridized carbons (Fsp3) is 0.278. The molecule has 4 nitrogen and oxygen atoms in total. The number of rotatable bonds is 3. The number of nitrogens with zero attached hydrogens (tertiary/aromatic N) is 2. The minimum Gasteiger partial charge on any atom is -0.312 e. The van der Waals surface area contributed by atoms with E-state index in [1.165, 1.54) is 17.8 Å². The van der Waals surface area contributed by atoms with Gasteiger partial charge in [0.05, 0.1) is 29.3 Å². The lowest BCUT2D eigenvalue weighted by Gasteiger charge is -2.26. The summed E-state index contributed by atoms with van der Waals surface area (Å²) >= 11 is 13.6. The average molecular weight is 445 g/mol. The van der Waals surface area contributed by atoms with E-state index in [0.717, 1.165) is 5.56 Å². The van der Waals surface area contributed by atoms with Crippen molar-refractivity contribution in [3.8, 4) is 0 Å². The molecule has 0 radical (unpaired) electrons. The number of halogens is 3. The van der Waals surface area contributed by atoms with Crippen LogP contribution < -0.4 is 4.90 Å². The highest BCUT2D eigenvalue weighted by Gasteiger charge is 2.47. The first kappa shape index (κ1) is 19.1. The molecular weight excluding hydrogens is 430 g/mol. The smallest absolute Gasteiger partial charge is 0.164 e. The zero-order valence-corrected chi connectivity index (χ0v) is 17.1. The van der Waals surface area contributed by atoms with Crippen molar-refractivity contribution >= 4 is 55.7 Å². The van der Waals surface area contributed by atoms with Crippen LogP contribution in [-0.4, -0.2) is 37.2 Å². The summed E-state index contributed by atoms with van der Waals surface area (Å²) < 4.78 is 38.5. The summed E-state index contributed by atoms with van der Waals surface area (Å²) in [6.45, 7) is 0. The standard InChI is InChI=1S/C18H15Cl2FN2O2S2/c19-12-6-5-11(13(20)7-12)8-26-18-22-15-9-27(24,25)10-17(15)23(18)16-4-2-1-3-14(16)21/h1-7,15,17H,8-10H2/t15-,17+/m0/s1. The Labute approximate surface area is 171 Å². The second kappa shape index (κ2) is 7.28. The van der Waals surface area contributed by atoms with Gasteiger partial charge in [-0.15, -0.1) is 0 Å². The minimum absolute atomic E-state index is 0.00558. The summed E-state index contributed by atoms with van der Waals surface area (Å²) in [6.07, 6.45) is 0. The highest BCUT2D eigenvalue weighted by molar-refractivity contribution is 8.13. The molecule has 1 saturated heterocycles. The molecule has 2 heterocycles. The van der Waals surface area contributed by atoms with Gasteiger partial charge < -0.3 is 4.90 Å². The zero-order chi connectivity index (χ0) is 19.2. The molecule has 2 aliphatic rings. The Morgan fingerprint density at radius 2 is 1.96 bits per heavy atom. The Kier molecular flexibility index (Phi) is 5.14. The topological polar surface area (TPSA) is 49.7 Å². The molecule has 27 heavy (non-hydrogen) atoms. The number of hydrogen-bond acceptors (Lipinski definition) is 5. The second-order valence-corrected chi connectivity index (χ2v) is 10.4. The van der Waals surface area contributed by atoms with Crippen LogP contribution >= 0.6 is 35.0 Å². The van der Waals surface area contributed by atoms with Gasteiger partial charge in [-0.1, -0.05) is 53.2 Å². The fourth-order valence-electron chi connectivity index (χ4n) is 3.34. The zero-order valence-electron chi connectivity index (χ0n) is 14.0. The summed E-state index contributed by atoms with van der Waals surface area (Å²) in [5, 5.41) is 1.71. The van der Waals surface area contributed by atoms with E-state index in [4.69, 9.17) is 23.2 Å². The Bertz CT molecular complexity index is 1030. The molecule has 9 heteroatoms. The predicted octanol–water partition coefficient (Wildman–Crippen LogP) is 4.41. The molecule has 0 saturated carbocycles. The van der Waals surface area contributed by atoms with Crippen LogP contribution in [0.4, 0.5) is 10.1 Å². The van der Waals surface area contributed by atoms with Crippen LogP contribution in [0.15, 0.2) is 47.5 Å². The summed E-state index contributed by atoms with van der Waals surface area (Å²) in [7, 11) is -3.18. The molecule has 0 spiro atoms. The van der Waals surface area contributed by atoms with E-state index in [0.29, 0.717) is 26.7 Å². The minimum atomic E-state index is -3.18. The van der Waals surface area contributed by atoms with Gasteiger partial charge in [0, 0.05) is 15.8 Å². The SMILES string of the molecule is O=S1(=O)C[C@@H]2N=C(SCc3ccc(Cl)cc3Cl)N(c3ccccc3F)[C@@H]2C1. The molecule has 0 bridgehead atoms. The van der Waals surface area contributed by atoms with Crippen LogP contribution in [0, 0.1) is 5.82 Å². The maximum atomic E-state index is 14.4. The van der Waals surface area contributed by atoms with Gasteiger partial charge in [0.25, 0.3) is 0 Å². The molecule has 2 aliphatic heterocycles. The largest absolute Gasteiger partial charge is 0.312 e. The maximum Gasteiger partial charge on any atom is 0.164 e. The number of anilines is 1. The highest BCUT2D eigenvalue weighted by atomic mass is 35.5. The molecule has 0 aliphatic carbocycles. The molecule has 142 valence electrons. The van der Waals surface area contributed by atoms with Gasteiger partial charge in [-0.25, -0.2) is 12.8 Å². The van der Waals surface area contributed by atoms with Crippen molar-refractivity contribution in [2.75, 3.05) is 16.4 Å². The van der Waals surface area contributed by atoms with Crippen LogP contribution in [0.25, 0.3) is 0 Å². The van der Waals surface area contributed by atoms with E-state index in [-0.39, 0.29) is 23.6 Å². The lowest BCUT2D eigenvalue weighted by Crippen LogP contribution is -2.39. The lowest BCUT2D eigenvalue weighted by atomic mass is 10.1. The predicted molar refractivity (Wildman–Crippen MR) is 110 cm³/mol. The summed E-state index contributed by atoms with van der Waals surface area (Å²) in [5.74, 6) is 0.0852. The van der Waals surface area contributed by atoms with E-state index in [2.05, 4.69) is 4.99 Å². The van der Waals surface area contributed by atoms with Gasteiger partial charge in [0.1, 0.15) is 5.82 Å². The highest BCUT2D eigenvalue weighted by Crippen LogP contribution is 2.37. The third-order valence-electron chi connectivity index (χ3n) is 4.59. The maximum absolute atomic E-state index is 14.4. The number of amidine groups is 1. The van der Waals surface area contributed by atoms with Crippen LogP contribution in [-0.2, 0) is 15.6 Å². The third-order valence-corrected chi connectivity index (χ3v) is 7.89. The van der Waals surface area contributed by atoms with Crippen LogP contribution in [0.2, 0.25) is 10.0 Å². The first-order chi connectivity index (χ1) is 12.8. The Hall–Kier alpha value is -1.28. The van der Waals surface area contributed by atoms with E-state index in [1.54, 1.807) is 35.2 Å². The number of para-hydroxylation sites is 1. The molecule has 2 aromatic carbocycles. The molecule has 4 rings (SSSR count). The van der Waals surface area contributed by atoms with Crippen molar-refractivity contribution in [3.05, 3.63) is 63.9 Å². The quantitative estimate of drug-likeness (QED) is 0.703. The molecule has 2 atom stereocenters. The van der Waals surface area contributed by atoms with Gasteiger partial charge in [-0.3, -0.25) is 4.99 Å². The number of benzene rings is 2. The van der Waals surface area contributed by atoms with Crippen molar-refractivity contribution in [2.24, 2.45) is 4.99 Å². The molecule has 1 fully saturated rings. The first-order valence-corrected chi connectivity index (χ1v) is 11.8. The number of hydrogen-bond donors (Lipinski definition) is 0. The van der Waals surface area contributed by atoms with E-state index in [9.17, 15) is 12.8 Å².